The SMILES string of the molecule is O=C(NCc1ccco1)c1nn(-c2ccc(Cl)cc2)c(=O)n(Cc2ccccc2F)c1=O. The second-order valence-corrected chi connectivity index (χ2v) is 7.20. The van der Waals surface area contributed by atoms with E-state index in [0.717, 1.165) is 9.25 Å². The first kappa shape index (κ1) is 21.3. The van der Waals surface area contributed by atoms with Gasteiger partial charge in [0, 0.05) is 10.6 Å². The number of benzene rings is 2. The number of halogens is 2. The van der Waals surface area contributed by atoms with Crippen LogP contribution in [0, 0.1) is 5.82 Å². The minimum atomic E-state index is -0.944. The van der Waals surface area contributed by atoms with Crippen LogP contribution in [0.2, 0.25) is 5.02 Å². The molecule has 4 aromatic rings. The Labute approximate surface area is 185 Å². The maximum atomic E-state index is 14.2. The zero-order chi connectivity index (χ0) is 22.7. The molecule has 1 amide bonds. The topological polar surface area (TPSA) is 99.1 Å². The number of aromatic nitrogens is 3. The quantitative estimate of drug-likeness (QED) is 0.483. The lowest BCUT2D eigenvalue weighted by Gasteiger charge is -2.12. The summed E-state index contributed by atoms with van der Waals surface area (Å²) in [6, 6.07) is 15.1. The van der Waals surface area contributed by atoms with E-state index in [1.165, 1.54) is 48.7 Å². The third kappa shape index (κ3) is 4.37. The number of carbonyl (C=O) groups is 1. The molecule has 0 radical (unpaired) electrons. The van der Waals surface area contributed by atoms with E-state index in [4.69, 9.17) is 16.0 Å². The Morgan fingerprint density at radius 1 is 1.06 bits per heavy atom. The molecule has 0 unspecified atom stereocenters. The van der Waals surface area contributed by atoms with Gasteiger partial charge in [0.05, 0.1) is 25.0 Å². The van der Waals surface area contributed by atoms with Crippen molar-refractivity contribution < 1.29 is 13.6 Å². The van der Waals surface area contributed by atoms with Crippen LogP contribution in [0.4, 0.5) is 4.39 Å². The molecule has 32 heavy (non-hydrogen) atoms. The van der Waals surface area contributed by atoms with Gasteiger partial charge in [0.25, 0.3) is 11.5 Å². The van der Waals surface area contributed by atoms with Gasteiger partial charge in [-0.1, -0.05) is 29.8 Å². The number of nitrogens with zero attached hydrogens (tertiary/aromatic N) is 3. The van der Waals surface area contributed by atoms with Crippen LogP contribution in [0.25, 0.3) is 5.69 Å². The summed E-state index contributed by atoms with van der Waals surface area (Å²) in [5.74, 6) is -0.926. The molecule has 0 saturated carbocycles. The Hall–Kier alpha value is -3.98. The van der Waals surface area contributed by atoms with Crippen LogP contribution in [-0.4, -0.2) is 20.3 Å². The molecule has 162 valence electrons. The molecular formula is C22H16ClFN4O4. The molecule has 1 N–H and O–H groups in total. The summed E-state index contributed by atoms with van der Waals surface area (Å²) in [7, 11) is 0. The van der Waals surface area contributed by atoms with Crippen molar-refractivity contribution in [3.8, 4) is 5.69 Å². The number of amides is 1. The van der Waals surface area contributed by atoms with Crippen LogP contribution in [0.5, 0.6) is 0 Å². The molecule has 0 aliphatic carbocycles. The lowest BCUT2D eigenvalue weighted by molar-refractivity contribution is 0.0938. The highest BCUT2D eigenvalue weighted by atomic mass is 35.5. The van der Waals surface area contributed by atoms with Crippen molar-refractivity contribution in [1.29, 1.82) is 0 Å². The number of carbonyl (C=O) groups excluding carboxylic acids is 1. The Morgan fingerprint density at radius 2 is 1.81 bits per heavy atom. The maximum absolute atomic E-state index is 14.2. The van der Waals surface area contributed by atoms with Crippen molar-refractivity contribution in [2.24, 2.45) is 0 Å². The zero-order valence-electron chi connectivity index (χ0n) is 16.5. The lowest BCUT2D eigenvalue weighted by atomic mass is 10.2. The maximum Gasteiger partial charge on any atom is 0.352 e. The van der Waals surface area contributed by atoms with Gasteiger partial charge in [0.2, 0.25) is 5.69 Å². The third-order valence-corrected chi connectivity index (χ3v) is 4.89. The fourth-order valence-electron chi connectivity index (χ4n) is 3.01. The molecule has 2 heterocycles. The van der Waals surface area contributed by atoms with Crippen LogP contribution >= 0.6 is 11.6 Å². The molecule has 0 aliphatic heterocycles. The second kappa shape index (κ2) is 9.03. The van der Waals surface area contributed by atoms with Crippen LogP contribution in [-0.2, 0) is 13.1 Å². The van der Waals surface area contributed by atoms with Gasteiger partial charge in [-0.15, -0.1) is 0 Å². The van der Waals surface area contributed by atoms with Crippen LogP contribution < -0.4 is 16.6 Å². The van der Waals surface area contributed by atoms with E-state index in [-0.39, 0.29) is 24.3 Å². The normalized spacial score (nSPS) is 10.8. The van der Waals surface area contributed by atoms with E-state index in [1.54, 1.807) is 18.2 Å². The number of furan rings is 1. The molecular weight excluding hydrogens is 439 g/mol. The van der Waals surface area contributed by atoms with E-state index in [2.05, 4.69) is 10.4 Å². The Bertz CT molecular complexity index is 1380. The number of hydrogen-bond donors (Lipinski definition) is 1. The minimum Gasteiger partial charge on any atom is -0.467 e. The third-order valence-electron chi connectivity index (χ3n) is 4.64. The predicted octanol–water partition coefficient (Wildman–Crippen LogP) is 2.76. The number of hydrogen-bond acceptors (Lipinski definition) is 5. The average Bonchev–Trinajstić information content (AvgIpc) is 3.31. The summed E-state index contributed by atoms with van der Waals surface area (Å²) in [5, 5.41) is 6.95. The lowest BCUT2D eigenvalue weighted by Crippen LogP contribution is -2.46. The highest BCUT2D eigenvalue weighted by molar-refractivity contribution is 6.30. The van der Waals surface area contributed by atoms with E-state index in [1.807, 2.05) is 0 Å². The molecule has 10 heteroatoms. The summed E-state index contributed by atoms with van der Waals surface area (Å²) >= 11 is 5.91. The highest BCUT2D eigenvalue weighted by Crippen LogP contribution is 2.12. The number of nitrogens with one attached hydrogen (secondary N) is 1. The van der Waals surface area contributed by atoms with Crippen molar-refractivity contribution >= 4 is 17.5 Å². The molecule has 0 saturated heterocycles. The molecule has 0 spiro atoms. The van der Waals surface area contributed by atoms with Crippen LogP contribution in [0.3, 0.4) is 0 Å². The minimum absolute atomic E-state index is 0.0142. The smallest absolute Gasteiger partial charge is 0.352 e. The molecule has 2 aromatic carbocycles. The van der Waals surface area contributed by atoms with Crippen molar-refractivity contribution in [3.63, 3.8) is 0 Å². The van der Waals surface area contributed by atoms with Crippen molar-refractivity contribution in [2.45, 2.75) is 13.1 Å². The molecule has 4 rings (SSSR count). The average molecular weight is 455 g/mol. The fraction of sp³-hybridized carbons (Fsp3) is 0.0909. The summed E-state index contributed by atoms with van der Waals surface area (Å²) < 4.78 is 21.0. The van der Waals surface area contributed by atoms with Crippen molar-refractivity contribution in [2.75, 3.05) is 0 Å². The Morgan fingerprint density at radius 3 is 2.50 bits per heavy atom. The highest BCUT2D eigenvalue weighted by Gasteiger charge is 2.21. The molecule has 0 aliphatic rings. The van der Waals surface area contributed by atoms with Crippen LogP contribution in [0.1, 0.15) is 21.8 Å². The van der Waals surface area contributed by atoms with Gasteiger partial charge in [-0.3, -0.25) is 14.2 Å². The van der Waals surface area contributed by atoms with Crippen molar-refractivity contribution in [1.82, 2.24) is 19.7 Å². The fourth-order valence-corrected chi connectivity index (χ4v) is 3.13. The zero-order valence-corrected chi connectivity index (χ0v) is 17.3. The summed E-state index contributed by atoms with van der Waals surface area (Å²) in [5.41, 5.74) is -1.91. The molecule has 8 nitrogen and oxygen atoms in total. The Balaban J connectivity index is 1.81. The monoisotopic (exact) mass is 454 g/mol. The van der Waals surface area contributed by atoms with Gasteiger partial charge in [0.15, 0.2) is 0 Å². The van der Waals surface area contributed by atoms with Gasteiger partial charge in [0.1, 0.15) is 11.6 Å². The molecule has 0 atom stereocenters. The van der Waals surface area contributed by atoms with Gasteiger partial charge in [-0.25, -0.2) is 9.18 Å². The number of rotatable bonds is 6. The predicted molar refractivity (Wildman–Crippen MR) is 114 cm³/mol. The van der Waals surface area contributed by atoms with Gasteiger partial charge < -0.3 is 9.73 Å². The standard InChI is InChI=1S/C22H16ClFN4O4/c23-15-7-9-16(10-8-15)28-22(31)27(13-14-4-1-2-6-18(14)24)21(30)19(26-28)20(29)25-12-17-5-3-11-32-17/h1-11H,12-13H2,(H,25,29). The van der Waals surface area contributed by atoms with E-state index in [9.17, 15) is 18.8 Å². The second-order valence-electron chi connectivity index (χ2n) is 6.76. The van der Waals surface area contributed by atoms with Gasteiger partial charge >= 0.3 is 5.69 Å². The summed E-state index contributed by atoms with van der Waals surface area (Å²) in [6.07, 6.45) is 1.45. The van der Waals surface area contributed by atoms with E-state index < -0.39 is 28.7 Å². The van der Waals surface area contributed by atoms with Crippen LogP contribution in [0.15, 0.2) is 80.9 Å². The first-order valence-electron chi connectivity index (χ1n) is 9.48. The molecule has 0 fully saturated rings. The summed E-state index contributed by atoms with van der Waals surface area (Å²) in [6.45, 7) is -0.362. The summed E-state index contributed by atoms with van der Waals surface area (Å²) in [4.78, 5) is 38.8. The van der Waals surface area contributed by atoms with Crippen molar-refractivity contribution in [3.05, 3.63) is 116 Å². The largest absolute Gasteiger partial charge is 0.467 e. The molecule has 0 bridgehead atoms. The first-order valence-corrected chi connectivity index (χ1v) is 9.86. The molecule has 2 aromatic heterocycles. The van der Waals surface area contributed by atoms with E-state index >= 15 is 0 Å². The Kier molecular flexibility index (Phi) is 6.00. The first-order chi connectivity index (χ1) is 15.4. The van der Waals surface area contributed by atoms with Gasteiger partial charge in [-0.2, -0.15) is 9.78 Å². The van der Waals surface area contributed by atoms with Gasteiger partial charge in [-0.05, 0) is 42.5 Å². The van der Waals surface area contributed by atoms with E-state index in [0.29, 0.717) is 10.8 Å².